The molecule has 0 saturated carbocycles. The lowest BCUT2D eigenvalue weighted by Gasteiger charge is -2.16. The molecule has 0 aliphatic heterocycles. The molecule has 0 fully saturated rings. The molecule has 1 atom stereocenters. The molecule has 0 radical (unpaired) electrons. The van der Waals surface area contributed by atoms with Gasteiger partial charge in [0.2, 0.25) is 0 Å². The lowest BCUT2D eigenvalue weighted by molar-refractivity contribution is 0.410. The third-order valence-corrected chi connectivity index (χ3v) is 3.82. The fourth-order valence-electron chi connectivity index (χ4n) is 1.98. The van der Waals surface area contributed by atoms with Crippen LogP contribution in [0.5, 0.6) is 5.75 Å². The summed E-state index contributed by atoms with van der Waals surface area (Å²) in [7, 11) is 3.32. The number of hydrogen-bond donors (Lipinski definition) is 1. The molecule has 2 rings (SSSR count). The van der Waals surface area contributed by atoms with Gasteiger partial charge in [0, 0.05) is 11.6 Å². The number of benzene rings is 1. The van der Waals surface area contributed by atoms with E-state index in [1.165, 1.54) is 24.7 Å². The van der Waals surface area contributed by atoms with Crippen LogP contribution in [0.25, 0.3) is 0 Å². The van der Waals surface area contributed by atoms with E-state index in [1.807, 2.05) is 6.92 Å². The van der Waals surface area contributed by atoms with Crippen LogP contribution in [0.15, 0.2) is 18.2 Å². The summed E-state index contributed by atoms with van der Waals surface area (Å²) in [6.45, 7) is 2.01. The number of aryl methyl sites for hydroxylation is 1. The van der Waals surface area contributed by atoms with E-state index >= 15 is 0 Å². The van der Waals surface area contributed by atoms with E-state index in [2.05, 4.69) is 14.9 Å². The standard InChI is InChI=1S/C13H16FN3OS/c1-4-11-13(19-17-16-11)12(15-2)9-6-5-8(18-3)7-10(9)14/h5-7,12,15H,4H2,1-3H3. The second-order valence-electron chi connectivity index (χ2n) is 4.05. The Morgan fingerprint density at radius 1 is 1.47 bits per heavy atom. The molecule has 6 heteroatoms. The van der Waals surface area contributed by atoms with Gasteiger partial charge in [0.15, 0.2) is 0 Å². The predicted octanol–water partition coefficient (Wildman–Crippen LogP) is 2.56. The maximum atomic E-state index is 14.1. The fourth-order valence-corrected chi connectivity index (χ4v) is 2.84. The van der Waals surface area contributed by atoms with Gasteiger partial charge >= 0.3 is 0 Å². The van der Waals surface area contributed by atoms with Crippen LogP contribution in [-0.2, 0) is 6.42 Å². The quantitative estimate of drug-likeness (QED) is 0.915. The van der Waals surface area contributed by atoms with Crippen molar-refractivity contribution >= 4 is 11.5 Å². The topological polar surface area (TPSA) is 47.0 Å². The van der Waals surface area contributed by atoms with E-state index in [1.54, 1.807) is 19.2 Å². The van der Waals surface area contributed by atoms with Gasteiger partial charge in [-0.1, -0.05) is 17.5 Å². The molecule has 0 amide bonds. The highest BCUT2D eigenvalue weighted by atomic mass is 32.1. The molecular weight excluding hydrogens is 265 g/mol. The first-order valence-corrected chi connectivity index (χ1v) is 6.80. The largest absolute Gasteiger partial charge is 0.497 e. The third kappa shape index (κ3) is 2.74. The molecule has 19 heavy (non-hydrogen) atoms. The Morgan fingerprint density at radius 3 is 2.84 bits per heavy atom. The van der Waals surface area contributed by atoms with Gasteiger partial charge in [-0.05, 0) is 31.1 Å². The average Bonchev–Trinajstić information content (AvgIpc) is 2.89. The van der Waals surface area contributed by atoms with E-state index in [0.29, 0.717) is 11.3 Å². The second-order valence-corrected chi connectivity index (χ2v) is 4.83. The van der Waals surface area contributed by atoms with Crippen LogP contribution in [0.2, 0.25) is 0 Å². The molecule has 1 heterocycles. The highest BCUT2D eigenvalue weighted by Gasteiger charge is 2.22. The minimum atomic E-state index is -0.297. The van der Waals surface area contributed by atoms with Crippen LogP contribution in [0, 0.1) is 5.82 Å². The first kappa shape index (κ1) is 13.9. The molecular formula is C13H16FN3OS. The van der Waals surface area contributed by atoms with Crippen LogP contribution < -0.4 is 10.1 Å². The van der Waals surface area contributed by atoms with Gasteiger partial charge in [-0.2, -0.15) is 0 Å². The van der Waals surface area contributed by atoms with E-state index < -0.39 is 0 Å². The minimum Gasteiger partial charge on any atom is -0.497 e. The number of ether oxygens (including phenoxy) is 1. The van der Waals surface area contributed by atoms with Gasteiger partial charge in [-0.15, -0.1) is 5.10 Å². The smallest absolute Gasteiger partial charge is 0.132 e. The van der Waals surface area contributed by atoms with Gasteiger partial charge in [-0.3, -0.25) is 0 Å². The Hall–Kier alpha value is -1.53. The summed E-state index contributed by atoms with van der Waals surface area (Å²) in [6, 6.07) is 4.64. The predicted molar refractivity (Wildman–Crippen MR) is 73.1 cm³/mol. The van der Waals surface area contributed by atoms with Crippen LogP contribution in [0.1, 0.15) is 29.1 Å². The summed E-state index contributed by atoms with van der Waals surface area (Å²) in [5.41, 5.74) is 1.48. The van der Waals surface area contributed by atoms with Crippen molar-refractivity contribution in [3.05, 3.63) is 40.2 Å². The molecule has 0 aliphatic rings. The van der Waals surface area contributed by atoms with Gasteiger partial charge in [0.25, 0.3) is 0 Å². The zero-order valence-corrected chi connectivity index (χ0v) is 11.9. The zero-order chi connectivity index (χ0) is 13.8. The molecule has 0 aliphatic carbocycles. The van der Waals surface area contributed by atoms with Crippen molar-refractivity contribution in [3.8, 4) is 5.75 Å². The first-order chi connectivity index (χ1) is 9.21. The number of hydrogen-bond acceptors (Lipinski definition) is 5. The van der Waals surface area contributed by atoms with Crippen molar-refractivity contribution in [2.75, 3.05) is 14.2 Å². The summed E-state index contributed by atoms with van der Waals surface area (Å²) in [6.07, 6.45) is 0.780. The molecule has 0 saturated heterocycles. The number of rotatable bonds is 5. The summed E-state index contributed by atoms with van der Waals surface area (Å²) >= 11 is 1.30. The molecule has 1 aromatic carbocycles. The summed E-state index contributed by atoms with van der Waals surface area (Å²) in [5, 5.41) is 7.20. The van der Waals surface area contributed by atoms with Gasteiger partial charge in [0.1, 0.15) is 11.6 Å². The SMILES string of the molecule is CCc1nnsc1C(NC)c1ccc(OC)cc1F. The Labute approximate surface area is 115 Å². The van der Waals surface area contributed by atoms with Gasteiger partial charge in [0.05, 0.1) is 23.7 Å². The van der Waals surface area contributed by atoms with Crippen molar-refractivity contribution < 1.29 is 9.13 Å². The van der Waals surface area contributed by atoms with Crippen LogP contribution in [-0.4, -0.2) is 23.7 Å². The summed E-state index contributed by atoms with van der Waals surface area (Å²) in [4.78, 5) is 0.953. The zero-order valence-electron chi connectivity index (χ0n) is 11.1. The van der Waals surface area contributed by atoms with Crippen LogP contribution >= 0.6 is 11.5 Å². The summed E-state index contributed by atoms with van der Waals surface area (Å²) in [5.74, 6) is 0.211. The Kier molecular flexibility index (Phi) is 4.44. The van der Waals surface area contributed by atoms with Crippen LogP contribution in [0.3, 0.4) is 0 Å². The minimum absolute atomic E-state index is 0.235. The maximum Gasteiger partial charge on any atom is 0.132 e. The number of methoxy groups -OCH3 is 1. The van der Waals surface area contributed by atoms with E-state index in [9.17, 15) is 4.39 Å². The van der Waals surface area contributed by atoms with E-state index in [-0.39, 0.29) is 11.9 Å². The van der Waals surface area contributed by atoms with Crippen molar-refractivity contribution in [1.82, 2.24) is 14.9 Å². The highest BCUT2D eigenvalue weighted by molar-refractivity contribution is 7.05. The molecule has 1 unspecified atom stereocenters. The molecule has 1 N–H and O–H groups in total. The first-order valence-electron chi connectivity index (χ1n) is 6.03. The molecule has 0 spiro atoms. The molecule has 0 bridgehead atoms. The fraction of sp³-hybridized carbons (Fsp3) is 0.385. The van der Waals surface area contributed by atoms with Crippen molar-refractivity contribution in [2.24, 2.45) is 0 Å². The molecule has 4 nitrogen and oxygen atoms in total. The number of aromatic nitrogens is 2. The monoisotopic (exact) mass is 281 g/mol. The van der Waals surface area contributed by atoms with Crippen molar-refractivity contribution in [1.29, 1.82) is 0 Å². The number of halogens is 1. The Morgan fingerprint density at radius 2 is 2.26 bits per heavy atom. The highest BCUT2D eigenvalue weighted by Crippen LogP contribution is 2.30. The Bertz CT molecular complexity index is 559. The summed E-state index contributed by atoms with van der Waals surface area (Å²) < 4.78 is 23.1. The van der Waals surface area contributed by atoms with Crippen molar-refractivity contribution in [3.63, 3.8) is 0 Å². The van der Waals surface area contributed by atoms with E-state index in [4.69, 9.17) is 4.74 Å². The van der Waals surface area contributed by atoms with Gasteiger partial charge < -0.3 is 10.1 Å². The molecule has 102 valence electrons. The second kappa shape index (κ2) is 6.08. The lowest BCUT2D eigenvalue weighted by atomic mass is 10.0. The van der Waals surface area contributed by atoms with Crippen LogP contribution in [0.4, 0.5) is 4.39 Å². The Balaban J connectivity index is 2.42. The third-order valence-electron chi connectivity index (χ3n) is 2.99. The lowest BCUT2D eigenvalue weighted by Crippen LogP contribution is -2.19. The van der Waals surface area contributed by atoms with Gasteiger partial charge in [-0.25, -0.2) is 4.39 Å². The maximum absolute atomic E-state index is 14.1. The average molecular weight is 281 g/mol. The normalized spacial score (nSPS) is 12.4. The molecule has 1 aromatic heterocycles. The van der Waals surface area contributed by atoms with Crippen molar-refractivity contribution in [2.45, 2.75) is 19.4 Å². The van der Waals surface area contributed by atoms with E-state index in [0.717, 1.165) is 17.0 Å². The molecule has 2 aromatic rings. The number of nitrogens with one attached hydrogen (secondary N) is 1. The number of nitrogens with zero attached hydrogens (tertiary/aromatic N) is 2.